The first-order valence-electron chi connectivity index (χ1n) is 12.6. The lowest BCUT2D eigenvalue weighted by molar-refractivity contribution is -0.137. The molecule has 2 unspecified atom stereocenters. The highest BCUT2D eigenvalue weighted by molar-refractivity contribution is 5.96. The molecule has 37 heavy (non-hydrogen) atoms. The van der Waals surface area contributed by atoms with Gasteiger partial charge in [-0.2, -0.15) is 13.2 Å². The number of rotatable bonds is 5. The molecule has 2 atom stereocenters. The number of allylic oxidation sites excluding steroid dienone is 1. The number of amides is 2. The normalized spacial score (nSPS) is 27.3. The standard InChI is InChI=1S/C28H30F3N3O3/c29-28(30,31)20-6-3-5-19(14-20)26(37)32-15-25(36)33-23-16-34(17-24(23)35)21-9-12-27(13-10-21)11-8-18-4-1-2-7-22(18)27/h1-8,11,14,21,23-24,35H,9-10,12-13,15-17H2,(H,32,37)(H,33,36). The lowest BCUT2D eigenvalue weighted by Gasteiger charge is -2.40. The van der Waals surface area contributed by atoms with Gasteiger partial charge in [-0.15, -0.1) is 0 Å². The van der Waals surface area contributed by atoms with Crippen molar-refractivity contribution in [2.24, 2.45) is 0 Å². The Labute approximate surface area is 213 Å². The molecule has 0 aromatic heterocycles. The Hall–Kier alpha value is -3.17. The number of β-amino-alcohol motifs (C(OH)–C–C–N with tert-alkyl or cyclic N) is 1. The van der Waals surface area contributed by atoms with Crippen molar-refractivity contribution in [2.45, 2.75) is 55.5 Å². The number of fused-ring (bicyclic) bond motifs is 2. The van der Waals surface area contributed by atoms with Crippen molar-refractivity contribution < 1.29 is 27.9 Å². The van der Waals surface area contributed by atoms with E-state index in [9.17, 15) is 27.9 Å². The molecule has 3 aliphatic rings. The molecule has 2 aliphatic carbocycles. The number of aliphatic hydroxyl groups excluding tert-OH is 1. The van der Waals surface area contributed by atoms with E-state index in [0.29, 0.717) is 19.1 Å². The van der Waals surface area contributed by atoms with Crippen LogP contribution in [0, 0.1) is 0 Å². The van der Waals surface area contributed by atoms with Crippen molar-refractivity contribution in [3.05, 3.63) is 76.9 Å². The smallest absolute Gasteiger partial charge is 0.390 e. The van der Waals surface area contributed by atoms with Gasteiger partial charge < -0.3 is 15.7 Å². The molecule has 5 rings (SSSR count). The maximum Gasteiger partial charge on any atom is 0.416 e. The van der Waals surface area contributed by atoms with Crippen molar-refractivity contribution in [3.63, 3.8) is 0 Å². The summed E-state index contributed by atoms with van der Waals surface area (Å²) in [7, 11) is 0. The van der Waals surface area contributed by atoms with Gasteiger partial charge in [0.2, 0.25) is 5.91 Å². The van der Waals surface area contributed by atoms with Gasteiger partial charge in [0.1, 0.15) is 0 Å². The van der Waals surface area contributed by atoms with Gasteiger partial charge in [-0.1, -0.05) is 42.5 Å². The zero-order valence-corrected chi connectivity index (χ0v) is 20.3. The van der Waals surface area contributed by atoms with Crippen LogP contribution in [0.4, 0.5) is 13.2 Å². The first-order valence-corrected chi connectivity index (χ1v) is 12.6. The number of hydrogen-bond donors (Lipinski definition) is 3. The minimum absolute atomic E-state index is 0.0941. The lowest BCUT2D eigenvalue weighted by atomic mass is 9.69. The van der Waals surface area contributed by atoms with Crippen LogP contribution >= 0.6 is 0 Å². The number of benzene rings is 2. The van der Waals surface area contributed by atoms with Gasteiger partial charge in [0.15, 0.2) is 0 Å². The van der Waals surface area contributed by atoms with Crippen LogP contribution in [0.5, 0.6) is 0 Å². The van der Waals surface area contributed by atoms with Crippen molar-refractivity contribution in [1.29, 1.82) is 0 Å². The molecule has 2 fully saturated rings. The minimum atomic E-state index is -4.56. The first-order chi connectivity index (χ1) is 17.6. The second-order valence-corrected chi connectivity index (χ2v) is 10.3. The van der Waals surface area contributed by atoms with E-state index < -0.39 is 42.2 Å². The van der Waals surface area contributed by atoms with Crippen LogP contribution in [-0.4, -0.2) is 59.6 Å². The number of carbonyl (C=O) groups excluding carboxylic acids is 2. The van der Waals surface area contributed by atoms with E-state index in [1.165, 1.54) is 17.2 Å². The summed E-state index contributed by atoms with van der Waals surface area (Å²) in [5.74, 6) is -1.27. The lowest BCUT2D eigenvalue weighted by Crippen LogP contribution is -2.47. The van der Waals surface area contributed by atoms with E-state index in [2.05, 4.69) is 52.0 Å². The summed E-state index contributed by atoms with van der Waals surface area (Å²) < 4.78 is 38.7. The molecule has 0 radical (unpaired) electrons. The van der Waals surface area contributed by atoms with Crippen LogP contribution in [0.1, 0.15) is 52.7 Å². The van der Waals surface area contributed by atoms with E-state index >= 15 is 0 Å². The molecule has 1 heterocycles. The number of likely N-dealkylation sites (tertiary alicyclic amines) is 1. The summed E-state index contributed by atoms with van der Waals surface area (Å²) in [6.07, 6.45) is 3.34. The fourth-order valence-corrected chi connectivity index (χ4v) is 5.97. The largest absolute Gasteiger partial charge is 0.416 e. The third-order valence-corrected chi connectivity index (χ3v) is 7.97. The maximum atomic E-state index is 12.9. The van der Waals surface area contributed by atoms with Crippen molar-refractivity contribution >= 4 is 17.9 Å². The van der Waals surface area contributed by atoms with Crippen molar-refractivity contribution in [1.82, 2.24) is 15.5 Å². The Kier molecular flexibility index (Phi) is 6.85. The highest BCUT2D eigenvalue weighted by Gasteiger charge is 2.42. The second-order valence-electron chi connectivity index (χ2n) is 10.3. The predicted molar refractivity (Wildman–Crippen MR) is 133 cm³/mol. The molecule has 196 valence electrons. The van der Waals surface area contributed by atoms with Crippen LogP contribution in [0.25, 0.3) is 6.08 Å². The molecule has 2 aromatic carbocycles. The number of carbonyl (C=O) groups is 2. The fraction of sp³-hybridized carbons (Fsp3) is 0.429. The SMILES string of the molecule is O=C(CNC(=O)c1cccc(C(F)(F)F)c1)NC1CN(C2CCC3(C=Cc4ccccc43)CC2)CC1O. The topological polar surface area (TPSA) is 81.7 Å². The number of nitrogens with zero attached hydrogens (tertiary/aromatic N) is 1. The van der Waals surface area contributed by atoms with E-state index in [4.69, 9.17) is 0 Å². The van der Waals surface area contributed by atoms with Crippen LogP contribution in [0.3, 0.4) is 0 Å². The third-order valence-electron chi connectivity index (χ3n) is 7.97. The molecular formula is C28H30F3N3O3. The van der Waals surface area contributed by atoms with E-state index in [0.717, 1.165) is 43.9 Å². The molecular weight excluding hydrogens is 483 g/mol. The summed E-state index contributed by atoms with van der Waals surface area (Å²) in [5, 5.41) is 15.7. The van der Waals surface area contributed by atoms with Crippen LogP contribution < -0.4 is 10.6 Å². The monoisotopic (exact) mass is 513 g/mol. The van der Waals surface area contributed by atoms with Crippen LogP contribution in [-0.2, 0) is 16.4 Å². The molecule has 1 aliphatic heterocycles. The zero-order valence-electron chi connectivity index (χ0n) is 20.3. The summed E-state index contributed by atoms with van der Waals surface area (Å²) in [5.41, 5.74) is 1.68. The quantitative estimate of drug-likeness (QED) is 0.572. The predicted octanol–water partition coefficient (Wildman–Crippen LogP) is 3.50. The van der Waals surface area contributed by atoms with Gasteiger partial charge in [-0.05, 0) is 55.0 Å². The highest BCUT2D eigenvalue weighted by Crippen LogP contribution is 2.47. The molecule has 1 spiro atoms. The summed E-state index contributed by atoms with van der Waals surface area (Å²) in [6.45, 7) is 0.584. The zero-order chi connectivity index (χ0) is 26.2. The number of nitrogens with one attached hydrogen (secondary N) is 2. The second kappa shape index (κ2) is 9.95. The Morgan fingerprint density at radius 3 is 2.57 bits per heavy atom. The summed E-state index contributed by atoms with van der Waals surface area (Å²) in [4.78, 5) is 26.9. The molecule has 2 aromatic rings. The van der Waals surface area contributed by atoms with Gasteiger partial charge in [0.05, 0.1) is 24.3 Å². The molecule has 0 bridgehead atoms. The average Bonchev–Trinajstić information content (AvgIpc) is 3.43. The third kappa shape index (κ3) is 5.29. The number of halogens is 3. The Morgan fingerprint density at radius 2 is 1.81 bits per heavy atom. The number of aliphatic hydroxyl groups is 1. The van der Waals surface area contributed by atoms with E-state index in [1.54, 1.807) is 0 Å². The van der Waals surface area contributed by atoms with Crippen molar-refractivity contribution in [3.8, 4) is 0 Å². The summed E-state index contributed by atoms with van der Waals surface area (Å²) in [6, 6.07) is 12.4. The van der Waals surface area contributed by atoms with Crippen molar-refractivity contribution in [2.75, 3.05) is 19.6 Å². The van der Waals surface area contributed by atoms with Gasteiger partial charge in [0.25, 0.3) is 5.91 Å². The Balaban J connectivity index is 1.10. The van der Waals surface area contributed by atoms with Gasteiger partial charge in [-0.25, -0.2) is 0 Å². The Bertz CT molecular complexity index is 1200. The average molecular weight is 514 g/mol. The minimum Gasteiger partial charge on any atom is -0.390 e. The molecule has 1 saturated carbocycles. The van der Waals surface area contributed by atoms with Gasteiger partial charge in [0, 0.05) is 30.1 Å². The first kappa shape index (κ1) is 25.5. The maximum absolute atomic E-state index is 12.9. The number of alkyl halides is 3. The van der Waals surface area contributed by atoms with E-state index in [-0.39, 0.29) is 11.0 Å². The van der Waals surface area contributed by atoms with E-state index in [1.807, 2.05) is 0 Å². The molecule has 3 N–H and O–H groups in total. The van der Waals surface area contributed by atoms with Gasteiger partial charge in [-0.3, -0.25) is 14.5 Å². The molecule has 6 nitrogen and oxygen atoms in total. The Morgan fingerprint density at radius 1 is 1.05 bits per heavy atom. The number of hydrogen-bond acceptors (Lipinski definition) is 4. The molecule has 1 saturated heterocycles. The summed E-state index contributed by atoms with van der Waals surface area (Å²) >= 11 is 0. The molecule has 9 heteroatoms. The van der Waals surface area contributed by atoms with Crippen LogP contribution in [0.15, 0.2) is 54.6 Å². The fourth-order valence-electron chi connectivity index (χ4n) is 5.97. The van der Waals surface area contributed by atoms with Gasteiger partial charge >= 0.3 is 6.18 Å². The highest BCUT2D eigenvalue weighted by atomic mass is 19.4. The molecule has 2 amide bonds. The van der Waals surface area contributed by atoms with Crippen LogP contribution in [0.2, 0.25) is 0 Å².